The second-order valence-electron chi connectivity index (χ2n) is 3.72. The second kappa shape index (κ2) is 4.06. The second-order valence-corrected chi connectivity index (χ2v) is 3.72. The van der Waals surface area contributed by atoms with Crippen LogP contribution in [0.15, 0.2) is 30.3 Å². The van der Waals surface area contributed by atoms with E-state index in [0.29, 0.717) is 0 Å². The molecule has 14 heavy (non-hydrogen) atoms. The highest BCUT2D eigenvalue weighted by Gasteiger charge is 2.10. The third-order valence-electron chi connectivity index (χ3n) is 1.85. The minimum atomic E-state index is -0.478. The van der Waals surface area contributed by atoms with E-state index in [1.54, 1.807) is 18.2 Å². The molecule has 0 amide bonds. The average Bonchev–Trinajstić information content (AvgIpc) is 2.17. The number of nitrogens with zero attached hydrogens (tertiary/aromatic N) is 1. The smallest absolute Gasteiger partial charge is 0.123 e. The van der Waals surface area contributed by atoms with Gasteiger partial charge in [0.15, 0.2) is 0 Å². The monoisotopic (exact) mass is 189 g/mol. The largest absolute Gasteiger partial charge is 0.207 e. The molecule has 1 aromatic carbocycles. The zero-order chi connectivity index (χ0) is 10.6. The molecule has 0 radical (unpaired) electrons. The Hall–Kier alpha value is -1.62. The van der Waals surface area contributed by atoms with E-state index in [1.807, 2.05) is 19.9 Å². The number of hydrogen-bond acceptors (Lipinski definition) is 1. The Bertz CT molecular complexity index is 368. The van der Waals surface area contributed by atoms with Gasteiger partial charge < -0.3 is 0 Å². The van der Waals surface area contributed by atoms with Gasteiger partial charge in [-0.3, -0.25) is 0 Å². The summed E-state index contributed by atoms with van der Waals surface area (Å²) in [6.07, 6.45) is 3.63. The summed E-state index contributed by atoms with van der Waals surface area (Å²) in [5, 5.41) is 8.75. The fourth-order valence-electron chi connectivity index (χ4n) is 0.916. The fraction of sp³-hybridized carbons (Fsp3) is 0.250. The van der Waals surface area contributed by atoms with Crippen LogP contribution in [0.4, 0.5) is 4.39 Å². The molecule has 0 atom stereocenters. The SMILES string of the molecule is CC(C)(C#N)/C=C/c1ccc(F)cc1. The molecular formula is C12H12FN. The minimum absolute atomic E-state index is 0.248. The first kappa shape index (κ1) is 10.5. The van der Waals surface area contributed by atoms with E-state index in [2.05, 4.69) is 6.07 Å². The van der Waals surface area contributed by atoms with Crippen molar-refractivity contribution in [3.05, 3.63) is 41.7 Å². The zero-order valence-electron chi connectivity index (χ0n) is 8.29. The first-order chi connectivity index (χ1) is 6.53. The van der Waals surface area contributed by atoms with E-state index in [0.717, 1.165) is 5.56 Å². The molecule has 0 spiro atoms. The van der Waals surface area contributed by atoms with Crippen molar-refractivity contribution < 1.29 is 4.39 Å². The van der Waals surface area contributed by atoms with Crippen LogP contribution in [0.3, 0.4) is 0 Å². The molecule has 0 unspecified atom stereocenters. The van der Waals surface area contributed by atoms with Crippen LogP contribution < -0.4 is 0 Å². The average molecular weight is 189 g/mol. The quantitative estimate of drug-likeness (QED) is 0.699. The maximum absolute atomic E-state index is 12.6. The highest BCUT2D eigenvalue weighted by atomic mass is 19.1. The van der Waals surface area contributed by atoms with Crippen LogP contribution >= 0.6 is 0 Å². The lowest BCUT2D eigenvalue weighted by molar-refractivity contribution is 0.627. The van der Waals surface area contributed by atoms with Gasteiger partial charge in [-0.15, -0.1) is 0 Å². The van der Waals surface area contributed by atoms with Crippen LogP contribution in [-0.2, 0) is 0 Å². The van der Waals surface area contributed by atoms with Crippen molar-refractivity contribution in [2.24, 2.45) is 5.41 Å². The minimum Gasteiger partial charge on any atom is -0.207 e. The van der Waals surface area contributed by atoms with E-state index in [1.165, 1.54) is 12.1 Å². The molecule has 0 fully saturated rings. The Kier molecular flexibility index (Phi) is 3.03. The number of benzene rings is 1. The number of rotatable bonds is 2. The van der Waals surface area contributed by atoms with Gasteiger partial charge in [0.25, 0.3) is 0 Å². The summed E-state index contributed by atoms with van der Waals surface area (Å²) in [6.45, 7) is 3.65. The molecule has 1 nitrogen and oxygen atoms in total. The van der Waals surface area contributed by atoms with Gasteiger partial charge in [-0.05, 0) is 31.5 Å². The van der Waals surface area contributed by atoms with Gasteiger partial charge >= 0.3 is 0 Å². The first-order valence-electron chi connectivity index (χ1n) is 4.39. The van der Waals surface area contributed by atoms with Crippen molar-refractivity contribution >= 4 is 6.08 Å². The topological polar surface area (TPSA) is 23.8 Å². The van der Waals surface area contributed by atoms with Crippen molar-refractivity contribution in [1.82, 2.24) is 0 Å². The third kappa shape index (κ3) is 3.02. The molecule has 0 saturated carbocycles. The lowest BCUT2D eigenvalue weighted by Gasteiger charge is -2.07. The molecule has 1 rings (SSSR count). The van der Waals surface area contributed by atoms with Gasteiger partial charge in [0.05, 0.1) is 11.5 Å². The van der Waals surface area contributed by atoms with Crippen LogP contribution in [0.5, 0.6) is 0 Å². The van der Waals surface area contributed by atoms with Gasteiger partial charge in [-0.1, -0.05) is 24.3 Å². The van der Waals surface area contributed by atoms with Crippen LogP contribution in [0, 0.1) is 22.6 Å². The molecule has 0 bridgehead atoms. The standard InChI is InChI=1S/C12H12FN/c1-12(2,9-14)8-7-10-3-5-11(13)6-4-10/h3-8H,1-2H3/b8-7+. The summed E-state index contributed by atoms with van der Waals surface area (Å²) >= 11 is 0. The van der Waals surface area contributed by atoms with Crippen molar-refractivity contribution in [2.45, 2.75) is 13.8 Å². The predicted octanol–water partition coefficient (Wildman–Crippen LogP) is 3.39. The van der Waals surface area contributed by atoms with Gasteiger partial charge in [0, 0.05) is 0 Å². The third-order valence-corrected chi connectivity index (χ3v) is 1.85. The Balaban J connectivity index is 2.80. The molecule has 0 heterocycles. The van der Waals surface area contributed by atoms with E-state index < -0.39 is 5.41 Å². The molecule has 0 aliphatic rings. The maximum atomic E-state index is 12.6. The number of allylic oxidation sites excluding steroid dienone is 1. The van der Waals surface area contributed by atoms with Gasteiger partial charge in [0.1, 0.15) is 5.82 Å². The van der Waals surface area contributed by atoms with E-state index in [9.17, 15) is 4.39 Å². The summed E-state index contributed by atoms with van der Waals surface area (Å²) in [7, 11) is 0. The van der Waals surface area contributed by atoms with Crippen LogP contribution in [0.2, 0.25) is 0 Å². The molecule has 1 aromatic rings. The van der Waals surface area contributed by atoms with Crippen molar-refractivity contribution in [3.63, 3.8) is 0 Å². The van der Waals surface area contributed by atoms with Gasteiger partial charge in [0.2, 0.25) is 0 Å². The molecule has 72 valence electrons. The van der Waals surface area contributed by atoms with Gasteiger partial charge in [-0.2, -0.15) is 5.26 Å². The number of hydrogen-bond donors (Lipinski definition) is 0. The highest BCUT2D eigenvalue weighted by Crippen LogP contribution is 2.17. The van der Waals surface area contributed by atoms with Crippen LogP contribution in [0.25, 0.3) is 6.08 Å². The number of nitriles is 1. The van der Waals surface area contributed by atoms with Crippen molar-refractivity contribution in [2.75, 3.05) is 0 Å². The summed E-state index contributed by atoms with van der Waals surface area (Å²) in [5.41, 5.74) is 0.420. The van der Waals surface area contributed by atoms with E-state index >= 15 is 0 Å². The van der Waals surface area contributed by atoms with Crippen LogP contribution in [0.1, 0.15) is 19.4 Å². The number of halogens is 1. The summed E-state index contributed by atoms with van der Waals surface area (Å²) in [4.78, 5) is 0. The maximum Gasteiger partial charge on any atom is 0.123 e. The summed E-state index contributed by atoms with van der Waals surface area (Å²) < 4.78 is 12.6. The van der Waals surface area contributed by atoms with Crippen molar-refractivity contribution in [3.8, 4) is 6.07 Å². The molecular weight excluding hydrogens is 177 g/mol. The first-order valence-corrected chi connectivity index (χ1v) is 4.39. The molecule has 0 N–H and O–H groups in total. The molecule has 0 aliphatic heterocycles. The summed E-state index contributed by atoms with van der Waals surface area (Å²) in [6, 6.07) is 8.33. The van der Waals surface area contributed by atoms with E-state index in [-0.39, 0.29) is 5.82 Å². The van der Waals surface area contributed by atoms with Gasteiger partial charge in [-0.25, -0.2) is 4.39 Å². The van der Waals surface area contributed by atoms with Crippen LogP contribution in [-0.4, -0.2) is 0 Å². The normalized spacial score (nSPS) is 11.6. The predicted molar refractivity (Wildman–Crippen MR) is 54.8 cm³/mol. The molecule has 2 heteroatoms. The van der Waals surface area contributed by atoms with E-state index in [4.69, 9.17) is 5.26 Å². The zero-order valence-corrected chi connectivity index (χ0v) is 8.29. The summed E-state index contributed by atoms with van der Waals surface area (Å²) in [5.74, 6) is -0.248. The Morgan fingerprint density at radius 1 is 1.29 bits per heavy atom. The Labute approximate surface area is 83.5 Å². The highest BCUT2D eigenvalue weighted by molar-refractivity contribution is 5.50. The Morgan fingerprint density at radius 2 is 1.86 bits per heavy atom. The Morgan fingerprint density at radius 3 is 2.36 bits per heavy atom. The molecule has 0 aromatic heterocycles. The lowest BCUT2D eigenvalue weighted by atomic mass is 9.94. The molecule has 0 aliphatic carbocycles. The lowest BCUT2D eigenvalue weighted by Crippen LogP contribution is -2.01. The fourth-order valence-corrected chi connectivity index (χ4v) is 0.916. The van der Waals surface area contributed by atoms with Crippen molar-refractivity contribution in [1.29, 1.82) is 5.26 Å². The molecule has 0 saturated heterocycles.